The van der Waals surface area contributed by atoms with E-state index in [0.29, 0.717) is 63.5 Å². The number of ether oxygens (including phenoxy) is 2. The molecule has 1 aromatic rings. The Morgan fingerprint density at radius 2 is 1.88 bits per heavy atom. The molecule has 2 saturated heterocycles. The maximum atomic E-state index is 12.6. The van der Waals surface area contributed by atoms with E-state index in [4.69, 9.17) is 9.47 Å². The van der Waals surface area contributed by atoms with Crippen molar-refractivity contribution in [2.45, 2.75) is 25.9 Å². The first-order valence-corrected chi connectivity index (χ1v) is 10.7. The van der Waals surface area contributed by atoms with Crippen LogP contribution in [0, 0.1) is 0 Å². The molecule has 2 fully saturated rings. The van der Waals surface area contributed by atoms with Crippen LogP contribution in [-0.4, -0.2) is 74.8 Å². The van der Waals surface area contributed by atoms with Crippen molar-refractivity contribution in [2.24, 2.45) is 0 Å². The molecule has 1 aromatic carbocycles. The normalized spacial score (nSPS) is 20.1. The van der Waals surface area contributed by atoms with E-state index in [2.05, 4.69) is 0 Å². The fraction of sp³-hybridized carbons (Fsp3) is 0.611. The summed E-state index contributed by atoms with van der Waals surface area (Å²) in [6.07, 6.45) is 1.27. The molecule has 2 aliphatic rings. The molecule has 0 spiro atoms. The third-order valence-corrected chi connectivity index (χ3v) is 6.72. The molecule has 2 heterocycles. The van der Waals surface area contributed by atoms with Crippen LogP contribution in [0.3, 0.4) is 0 Å². The minimum atomic E-state index is -3.13. The first kappa shape index (κ1) is 19.1. The number of nitrogens with zero attached hydrogens (tertiary/aromatic N) is 2. The lowest BCUT2D eigenvalue weighted by molar-refractivity contribution is 0.0302. The SMILES string of the molecule is CCS(=O)(=O)N1CCC(Oc2cccc(C(=O)N3CCOCC3)c2)CC1. The Bertz CT molecular complexity index is 723. The number of benzene rings is 1. The number of piperidine rings is 1. The van der Waals surface area contributed by atoms with Crippen molar-refractivity contribution in [1.29, 1.82) is 0 Å². The van der Waals surface area contributed by atoms with E-state index in [1.807, 2.05) is 12.1 Å². The van der Waals surface area contributed by atoms with Crippen LogP contribution in [0.4, 0.5) is 0 Å². The van der Waals surface area contributed by atoms with E-state index in [1.54, 1.807) is 24.0 Å². The number of hydrogen-bond donors (Lipinski definition) is 0. The minimum Gasteiger partial charge on any atom is -0.490 e. The Morgan fingerprint density at radius 1 is 1.19 bits per heavy atom. The average Bonchev–Trinajstić information content (AvgIpc) is 2.69. The molecular formula is C18H26N2O5S. The molecule has 0 aliphatic carbocycles. The lowest BCUT2D eigenvalue weighted by Gasteiger charge is -2.31. The van der Waals surface area contributed by atoms with Crippen molar-refractivity contribution >= 4 is 15.9 Å². The van der Waals surface area contributed by atoms with Crippen molar-refractivity contribution in [3.8, 4) is 5.75 Å². The molecule has 8 heteroatoms. The molecule has 0 unspecified atom stereocenters. The maximum absolute atomic E-state index is 12.6. The number of hydrogen-bond acceptors (Lipinski definition) is 5. The number of carbonyl (C=O) groups is 1. The van der Waals surface area contributed by atoms with Gasteiger partial charge in [-0.25, -0.2) is 12.7 Å². The molecule has 0 aromatic heterocycles. The number of rotatable bonds is 5. The molecule has 0 saturated carbocycles. The van der Waals surface area contributed by atoms with Gasteiger partial charge in [0.1, 0.15) is 11.9 Å². The number of amides is 1. The second kappa shape index (κ2) is 8.37. The fourth-order valence-electron chi connectivity index (χ4n) is 3.25. The third kappa shape index (κ3) is 4.55. The lowest BCUT2D eigenvalue weighted by Crippen LogP contribution is -2.42. The predicted octanol–water partition coefficient (Wildman–Crippen LogP) is 1.35. The van der Waals surface area contributed by atoms with Crippen LogP contribution in [0.15, 0.2) is 24.3 Å². The third-order valence-electron chi connectivity index (χ3n) is 4.84. The first-order chi connectivity index (χ1) is 12.5. The molecule has 0 bridgehead atoms. The highest BCUT2D eigenvalue weighted by Crippen LogP contribution is 2.22. The van der Waals surface area contributed by atoms with Gasteiger partial charge in [-0.3, -0.25) is 4.79 Å². The van der Waals surface area contributed by atoms with Gasteiger partial charge < -0.3 is 14.4 Å². The van der Waals surface area contributed by atoms with Gasteiger partial charge in [0.05, 0.1) is 19.0 Å². The molecule has 0 N–H and O–H groups in total. The van der Waals surface area contributed by atoms with E-state index < -0.39 is 10.0 Å². The van der Waals surface area contributed by atoms with Crippen molar-refractivity contribution < 1.29 is 22.7 Å². The summed E-state index contributed by atoms with van der Waals surface area (Å²) in [4.78, 5) is 14.4. The van der Waals surface area contributed by atoms with Crippen LogP contribution in [0.2, 0.25) is 0 Å². The lowest BCUT2D eigenvalue weighted by atomic mass is 10.1. The standard InChI is InChI=1S/C18H26N2O5S/c1-2-26(22,23)20-8-6-16(7-9-20)25-17-5-3-4-15(14-17)18(21)19-10-12-24-13-11-19/h3-5,14,16H,2,6-13H2,1H3. The minimum absolute atomic E-state index is 0.0115. The summed E-state index contributed by atoms with van der Waals surface area (Å²) in [6, 6.07) is 7.22. The summed E-state index contributed by atoms with van der Waals surface area (Å²) in [5.41, 5.74) is 0.607. The van der Waals surface area contributed by atoms with Gasteiger partial charge in [-0.15, -0.1) is 0 Å². The van der Waals surface area contributed by atoms with Gasteiger partial charge in [-0.1, -0.05) is 6.07 Å². The molecule has 1 amide bonds. The number of carbonyl (C=O) groups excluding carboxylic acids is 1. The summed E-state index contributed by atoms with van der Waals surface area (Å²) in [5, 5.41) is 0. The summed E-state index contributed by atoms with van der Waals surface area (Å²) >= 11 is 0. The Balaban J connectivity index is 1.58. The average molecular weight is 382 g/mol. The highest BCUT2D eigenvalue weighted by atomic mass is 32.2. The van der Waals surface area contributed by atoms with Crippen molar-refractivity contribution in [3.63, 3.8) is 0 Å². The number of sulfonamides is 1. The van der Waals surface area contributed by atoms with Crippen LogP contribution >= 0.6 is 0 Å². The van der Waals surface area contributed by atoms with Crippen molar-refractivity contribution in [1.82, 2.24) is 9.21 Å². The summed E-state index contributed by atoms with van der Waals surface area (Å²) in [6.45, 7) is 4.97. The molecule has 26 heavy (non-hydrogen) atoms. The van der Waals surface area contributed by atoms with E-state index in [-0.39, 0.29) is 17.8 Å². The molecule has 2 aliphatic heterocycles. The van der Waals surface area contributed by atoms with Gasteiger partial charge in [0.2, 0.25) is 10.0 Å². The summed E-state index contributed by atoms with van der Waals surface area (Å²) < 4.78 is 36.7. The highest BCUT2D eigenvalue weighted by Gasteiger charge is 2.27. The van der Waals surface area contributed by atoms with Gasteiger partial charge in [0.25, 0.3) is 5.91 Å². The van der Waals surface area contributed by atoms with Gasteiger partial charge in [0.15, 0.2) is 0 Å². The zero-order valence-electron chi connectivity index (χ0n) is 15.1. The van der Waals surface area contributed by atoms with Gasteiger partial charge in [-0.2, -0.15) is 0 Å². The number of morpholine rings is 1. The zero-order valence-corrected chi connectivity index (χ0v) is 15.9. The van der Waals surface area contributed by atoms with E-state index in [1.165, 1.54) is 4.31 Å². The summed E-state index contributed by atoms with van der Waals surface area (Å²) in [5.74, 6) is 0.771. The molecule has 144 valence electrons. The van der Waals surface area contributed by atoms with E-state index >= 15 is 0 Å². The van der Waals surface area contributed by atoms with E-state index in [9.17, 15) is 13.2 Å². The zero-order chi connectivity index (χ0) is 18.6. The Hall–Kier alpha value is -1.64. The maximum Gasteiger partial charge on any atom is 0.254 e. The predicted molar refractivity (Wildman–Crippen MR) is 97.8 cm³/mol. The van der Waals surface area contributed by atoms with Gasteiger partial charge in [0, 0.05) is 31.7 Å². The quantitative estimate of drug-likeness (QED) is 0.768. The largest absolute Gasteiger partial charge is 0.490 e. The molecule has 3 rings (SSSR count). The van der Waals surface area contributed by atoms with Crippen molar-refractivity contribution in [2.75, 3.05) is 45.1 Å². The Labute approximate surface area is 154 Å². The second-order valence-corrected chi connectivity index (χ2v) is 8.81. The molecular weight excluding hydrogens is 356 g/mol. The van der Waals surface area contributed by atoms with Crippen LogP contribution in [-0.2, 0) is 14.8 Å². The second-order valence-electron chi connectivity index (χ2n) is 6.55. The molecule has 0 atom stereocenters. The highest BCUT2D eigenvalue weighted by molar-refractivity contribution is 7.89. The summed E-state index contributed by atoms with van der Waals surface area (Å²) in [7, 11) is -3.13. The fourth-order valence-corrected chi connectivity index (χ4v) is 4.39. The Kier molecular flexibility index (Phi) is 6.16. The van der Waals surface area contributed by atoms with Crippen LogP contribution in [0.5, 0.6) is 5.75 Å². The molecule has 7 nitrogen and oxygen atoms in total. The molecule has 0 radical (unpaired) electrons. The van der Waals surface area contributed by atoms with Crippen LogP contribution in [0.25, 0.3) is 0 Å². The van der Waals surface area contributed by atoms with Crippen LogP contribution in [0.1, 0.15) is 30.1 Å². The van der Waals surface area contributed by atoms with E-state index in [0.717, 1.165) is 0 Å². The first-order valence-electron chi connectivity index (χ1n) is 9.11. The van der Waals surface area contributed by atoms with Gasteiger partial charge >= 0.3 is 0 Å². The van der Waals surface area contributed by atoms with Crippen molar-refractivity contribution in [3.05, 3.63) is 29.8 Å². The van der Waals surface area contributed by atoms with Gasteiger partial charge in [-0.05, 0) is 38.0 Å². The monoisotopic (exact) mass is 382 g/mol. The van der Waals surface area contributed by atoms with Crippen LogP contribution < -0.4 is 4.74 Å². The smallest absolute Gasteiger partial charge is 0.254 e. The Morgan fingerprint density at radius 3 is 2.54 bits per heavy atom. The topological polar surface area (TPSA) is 76.2 Å².